The van der Waals surface area contributed by atoms with Gasteiger partial charge in [-0.15, -0.1) is 0 Å². The summed E-state index contributed by atoms with van der Waals surface area (Å²) in [6.45, 7) is -6.07. The van der Waals surface area contributed by atoms with Crippen LogP contribution in [0.3, 0.4) is 0 Å². The number of hydrogen-bond donors (Lipinski definition) is 1. The minimum Gasteiger partial charge on any atom is -0.434 e. The maximum Gasteiger partial charge on any atom is 0.387 e. The molecular formula is C27H20F4N6O3. The lowest BCUT2D eigenvalue weighted by Crippen LogP contribution is -2.35. The van der Waals surface area contributed by atoms with Crippen molar-refractivity contribution in [3.63, 3.8) is 0 Å². The number of benzene rings is 1. The van der Waals surface area contributed by atoms with E-state index >= 15 is 0 Å². The molecule has 1 aliphatic heterocycles. The summed E-state index contributed by atoms with van der Waals surface area (Å²) in [5, 5.41) is 23.7. The summed E-state index contributed by atoms with van der Waals surface area (Å²) in [6, 6.07) is 7.79. The van der Waals surface area contributed by atoms with Crippen LogP contribution in [0.2, 0.25) is 0 Å². The van der Waals surface area contributed by atoms with Crippen LogP contribution in [0, 0.1) is 11.3 Å². The molecule has 1 aromatic carbocycles. The molecule has 0 saturated carbocycles. The van der Waals surface area contributed by atoms with E-state index in [9.17, 15) is 27.5 Å². The molecule has 0 unspecified atom stereocenters. The van der Waals surface area contributed by atoms with E-state index in [1.807, 2.05) is 0 Å². The van der Waals surface area contributed by atoms with Gasteiger partial charge in [0, 0.05) is 57.9 Å². The monoisotopic (exact) mass is 555 g/mol. The fourth-order valence-electron chi connectivity index (χ4n) is 5.44. The molecule has 0 fully saturated rings. The highest BCUT2D eigenvalue weighted by Gasteiger charge is 2.46. The average Bonchev–Trinajstić information content (AvgIpc) is 3.45. The van der Waals surface area contributed by atoms with E-state index in [0.717, 1.165) is 4.90 Å². The molecule has 4 aromatic rings. The van der Waals surface area contributed by atoms with E-state index in [2.05, 4.69) is 15.1 Å². The van der Waals surface area contributed by atoms with Crippen molar-refractivity contribution in [1.29, 1.82) is 5.26 Å². The lowest BCUT2D eigenvalue weighted by molar-refractivity contribution is -0.104. The van der Waals surface area contributed by atoms with Gasteiger partial charge in [-0.1, -0.05) is 6.07 Å². The molecule has 0 radical (unpaired) electrons. The predicted octanol–water partition coefficient (Wildman–Crippen LogP) is 4.42. The number of nitriles is 1. The molecule has 204 valence electrons. The van der Waals surface area contributed by atoms with Crippen LogP contribution < -0.4 is 4.74 Å². The number of pyridine rings is 1. The van der Waals surface area contributed by atoms with Crippen molar-refractivity contribution < 1.29 is 36.3 Å². The Labute approximate surface area is 228 Å². The lowest BCUT2D eigenvalue weighted by Gasteiger charge is -2.23. The highest BCUT2D eigenvalue weighted by atomic mass is 19.3. The topological polar surface area (TPSA) is 117 Å². The summed E-state index contributed by atoms with van der Waals surface area (Å²) in [7, 11) is 0. The first-order valence-electron chi connectivity index (χ1n) is 13.5. The number of carbonyl (C=O) groups excluding carboxylic acids is 1. The molecule has 1 amide bonds. The van der Waals surface area contributed by atoms with Crippen molar-refractivity contribution >= 4 is 11.4 Å². The number of rotatable bonds is 6. The fraction of sp³-hybridized carbons (Fsp3) is 0.296. The van der Waals surface area contributed by atoms with Crippen molar-refractivity contribution in [2.24, 2.45) is 0 Å². The van der Waals surface area contributed by atoms with E-state index in [-0.39, 0.29) is 29.0 Å². The Hall–Kier alpha value is -4.57. The van der Waals surface area contributed by atoms with E-state index in [0.29, 0.717) is 22.2 Å². The van der Waals surface area contributed by atoms with E-state index < -0.39 is 55.7 Å². The van der Waals surface area contributed by atoms with Crippen molar-refractivity contribution in [3.05, 3.63) is 77.1 Å². The smallest absolute Gasteiger partial charge is 0.387 e. The van der Waals surface area contributed by atoms with Gasteiger partial charge < -0.3 is 14.7 Å². The molecule has 1 aliphatic carbocycles. The minimum atomic E-state index is -3.31. The summed E-state index contributed by atoms with van der Waals surface area (Å²) in [6.07, 6.45) is -0.208. The maximum atomic E-state index is 13.5. The molecule has 0 spiro atoms. The van der Waals surface area contributed by atoms with Crippen LogP contribution in [0.5, 0.6) is 5.75 Å². The van der Waals surface area contributed by atoms with Gasteiger partial charge in [0.2, 0.25) is 0 Å². The number of nitrogens with zero attached hydrogens (tertiary/aromatic N) is 6. The van der Waals surface area contributed by atoms with E-state index in [1.165, 1.54) is 41.2 Å². The molecular weight excluding hydrogens is 532 g/mol. The number of carbonyl (C=O) groups is 1. The summed E-state index contributed by atoms with van der Waals surface area (Å²) >= 11 is 0. The zero-order valence-electron chi connectivity index (χ0n) is 23.3. The van der Waals surface area contributed by atoms with Gasteiger partial charge in [0.1, 0.15) is 5.75 Å². The highest BCUT2D eigenvalue weighted by molar-refractivity contribution is 5.98. The first-order chi connectivity index (χ1) is 20.3. The summed E-state index contributed by atoms with van der Waals surface area (Å²) < 4.78 is 84.4. The third-order valence-corrected chi connectivity index (χ3v) is 7.30. The normalized spacial score (nSPS) is 20.8. The third kappa shape index (κ3) is 3.78. The molecule has 3 atom stereocenters. The SMILES string of the molecule is [2H]C([2H])([2H])N1C(=O)c2cccc(OC(F)F)c2[C@H]2C[C@@H]1c1nn3ccc(-c4cnc([C@@](O)(CC#N)C(F)F)nc4)cc3c12. The third-order valence-electron chi connectivity index (χ3n) is 7.30. The minimum absolute atomic E-state index is 0.0576. The molecule has 4 heterocycles. The van der Waals surface area contributed by atoms with Crippen LogP contribution >= 0.6 is 0 Å². The number of alkyl halides is 4. The lowest BCUT2D eigenvalue weighted by atomic mass is 9.88. The van der Waals surface area contributed by atoms with Gasteiger partial charge >= 0.3 is 6.61 Å². The summed E-state index contributed by atoms with van der Waals surface area (Å²) in [5.41, 5.74) is -0.687. The highest BCUT2D eigenvalue weighted by Crippen LogP contribution is 2.53. The molecule has 9 nitrogen and oxygen atoms in total. The Morgan fingerprint density at radius 2 is 2.00 bits per heavy atom. The second-order valence-electron chi connectivity index (χ2n) is 9.47. The van der Waals surface area contributed by atoms with Crippen LogP contribution in [-0.2, 0) is 5.60 Å². The van der Waals surface area contributed by atoms with Gasteiger partial charge in [-0.05, 0) is 36.2 Å². The van der Waals surface area contributed by atoms with Gasteiger partial charge in [-0.25, -0.2) is 23.3 Å². The number of hydrogen-bond acceptors (Lipinski definition) is 7. The molecule has 1 N–H and O–H groups in total. The van der Waals surface area contributed by atoms with Gasteiger partial charge in [0.05, 0.1) is 29.7 Å². The Morgan fingerprint density at radius 1 is 1.23 bits per heavy atom. The number of halogens is 4. The van der Waals surface area contributed by atoms with Crippen molar-refractivity contribution in [2.45, 2.75) is 43.4 Å². The molecule has 2 aliphatic rings. The number of amides is 1. The molecule has 13 heteroatoms. The van der Waals surface area contributed by atoms with E-state index in [4.69, 9.17) is 14.1 Å². The van der Waals surface area contributed by atoms with Gasteiger partial charge in [0.25, 0.3) is 12.3 Å². The van der Waals surface area contributed by atoms with Crippen molar-refractivity contribution in [1.82, 2.24) is 24.5 Å². The Kier molecular flexibility index (Phi) is 5.16. The second-order valence-corrected chi connectivity index (χ2v) is 9.47. The van der Waals surface area contributed by atoms with Crippen LogP contribution in [-0.4, -0.2) is 55.5 Å². The first kappa shape index (κ1) is 22.3. The Balaban J connectivity index is 1.51. The summed E-state index contributed by atoms with van der Waals surface area (Å²) in [4.78, 5) is 22.0. The van der Waals surface area contributed by atoms with E-state index in [1.54, 1.807) is 18.3 Å². The van der Waals surface area contributed by atoms with Crippen molar-refractivity contribution in [2.75, 3.05) is 6.98 Å². The Bertz CT molecular complexity index is 1790. The molecule has 2 bridgehead atoms. The quantitative estimate of drug-likeness (QED) is 0.350. The molecule has 3 aromatic heterocycles. The van der Waals surface area contributed by atoms with Gasteiger partial charge in [-0.2, -0.15) is 19.1 Å². The molecule has 6 rings (SSSR count). The number of fused-ring (bicyclic) bond motifs is 9. The van der Waals surface area contributed by atoms with Crippen LogP contribution in [0.25, 0.3) is 16.6 Å². The standard InChI is InChI=1S/C27H20F4N6O3/c1-36-18-10-16(20-15(23(36)38)3-2-4-19(20)40-26(30)31)21-17-9-13(5-8-37(17)35-22(18)21)14-11-33-25(34-12-14)27(39,6-7-32)24(28)29/h2-5,8-9,11-12,16,18,24,26,39H,6,10H2,1H3/t16-,18-,27-/m1/s1/i1D3. The second kappa shape index (κ2) is 9.27. The zero-order chi connectivity index (χ0) is 30.8. The molecule has 0 saturated heterocycles. The summed E-state index contributed by atoms with van der Waals surface area (Å²) in [5.74, 6) is -2.47. The average molecular weight is 556 g/mol. The zero-order valence-corrected chi connectivity index (χ0v) is 20.3. The molecule has 40 heavy (non-hydrogen) atoms. The van der Waals surface area contributed by atoms with Crippen LogP contribution in [0.4, 0.5) is 17.6 Å². The number of ether oxygens (including phenoxy) is 1. The predicted molar refractivity (Wildman–Crippen MR) is 131 cm³/mol. The maximum absolute atomic E-state index is 13.5. The van der Waals surface area contributed by atoms with Crippen LogP contribution in [0.1, 0.15) is 61.9 Å². The number of aromatic nitrogens is 4. The first-order valence-corrected chi connectivity index (χ1v) is 12.0. The number of aliphatic hydroxyl groups is 1. The Morgan fingerprint density at radius 3 is 2.67 bits per heavy atom. The van der Waals surface area contributed by atoms with Crippen molar-refractivity contribution in [3.8, 4) is 22.9 Å². The van der Waals surface area contributed by atoms with Gasteiger partial charge in [0.15, 0.2) is 11.4 Å². The largest absolute Gasteiger partial charge is 0.434 e. The fourth-order valence-corrected chi connectivity index (χ4v) is 5.44. The van der Waals surface area contributed by atoms with Crippen LogP contribution in [0.15, 0.2) is 48.9 Å². The van der Waals surface area contributed by atoms with Gasteiger partial charge in [-0.3, -0.25) is 4.79 Å².